The highest BCUT2D eigenvalue weighted by Gasteiger charge is 2.57. The van der Waals surface area contributed by atoms with E-state index >= 15 is 0 Å². The first kappa shape index (κ1) is 19.1. The molecule has 134 valence electrons. The number of esters is 1. The number of carbonyl (C=O) groups excluding carboxylic acids is 2. The number of hydrogen-bond acceptors (Lipinski definition) is 5. The van der Waals surface area contributed by atoms with Gasteiger partial charge in [-0.1, -0.05) is 27.4 Å². The van der Waals surface area contributed by atoms with Gasteiger partial charge in [0.15, 0.2) is 0 Å². The van der Waals surface area contributed by atoms with Crippen LogP contribution in [0.3, 0.4) is 0 Å². The predicted octanol–water partition coefficient (Wildman–Crippen LogP) is 4.73. The molecule has 5 heteroatoms. The van der Waals surface area contributed by atoms with Crippen molar-refractivity contribution in [1.82, 2.24) is 0 Å². The Morgan fingerprint density at radius 3 is 2.54 bits per heavy atom. The van der Waals surface area contributed by atoms with Gasteiger partial charge in [0, 0.05) is 23.7 Å². The van der Waals surface area contributed by atoms with E-state index in [-0.39, 0.29) is 39.4 Å². The van der Waals surface area contributed by atoms with Crippen LogP contribution in [0, 0.1) is 16.7 Å². The van der Waals surface area contributed by atoms with Gasteiger partial charge >= 0.3 is 11.3 Å². The van der Waals surface area contributed by atoms with Crippen molar-refractivity contribution in [3.05, 3.63) is 17.9 Å². The highest BCUT2D eigenvalue weighted by Crippen LogP contribution is 2.62. The summed E-state index contributed by atoms with van der Waals surface area (Å²) >= 11 is 1.27. The summed E-state index contributed by atoms with van der Waals surface area (Å²) in [7, 11) is 0. The third-order valence-corrected chi connectivity index (χ3v) is 6.17. The SMILES string of the molecule is C=C=C1[C@@H](OC(C)=O)C[C@]2(C)CC(C)(C)C[C@@H](SC(=O)OCC)[C@H]12. The molecule has 0 aromatic carbocycles. The molecule has 2 fully saturated rings. The number of thioether (sulfide) groups is 1. The lowest BCUT2D eigenvalue weighted by Gasteiger charge is -2.48. The third-order valence-electron chi connectivity index (χ3n) is 5.11. The van der Waals surface area contributed by atoms with Crippen molar-refractivity contribution < 1.29 is 19.1 Å². The third kappa shape index (κ3) is 3.89. The van der Waals surface area contributed by atoms with Crippen molar-refractivity contribution in [2.45, 2.75) is 65.2 Å². The molecule has 2 aliphatic carbocycles. The lowest BCUT2D eigenvalue weighted by molar-refractivity contribution is -0.144. The summed E-state index contributed by atoms with van der Waals surface area (Å²) in [5, 5.41) is -0.149. The van der Waals surface area contributed by atoms with Crippen LogP contribution < -0.4 is 0 Å². The monoisotopic (exact) mass is 352 g/mol. The van der Waals surface area contributed by atoms with E-state index in [1.165, 1.54) is 18.7 Å². The Bertz CT molecular complexity index is 576. The van der Waals surface area contributed by atoms with Gasteiger partial charge < -0.3 is 9.47 Å². The lowest BCUT2D eigenvalue weighted by Crippen LogP contribution is -2.43. The summed E-state index contributed by atoms with van der Waals surface area (Å²) in [5.74, 6) is -0.161. The minimum atomic E-state index is -0.288. The second-order valence-electron chi connectivity index (χ2n) is 7.95. The lowest BCUT2D eigenvalue weighted by atomic mass is 9.60. The second kappa shape index (κ2) is 6.97. The zero-order valence-corrected chi connectivity index (χ0v) is 16.1. The van der Waals surface area contributed by atoms with E-state index in [0.29, 0.717) is 6.61 Å². The normalized spacial score (nSPS) is 34.2. The first-order valence-electron chi connectivity index (χ1n) is 8.52. The molecule has 0 unspecified atom stereocenters. The van der Waals surface area contributed by atoms with Crippen LogP contribution in [-0.2, 0) is 14.3 Å². The van der Waals surface area contributed by atoms with Crippen molar-refractivity contribution in [1.29, 1.82) is 0 Å². The Kier molecular flexibility index (Phi) is 5.56. The van der Waals surface area contributed by atoms with Crippen LogP contribution in [0.4, 0.5) is 4.79 Å². The largest absolute Gasteiger partial charge is 0.458 e. The highest BCUT2D eigenvalue weighted by atomic mass is 32.2. The number of carbonyl (C=O) groups is 2. The molecule has 0 spiro atoms. The maximum Gasteiger partial charge on any atom is 0.367 e. The molecule has 4 atom stereocenters. The summed E-state index contributed by atoms with van der Waals surface area (Å²) < 4.78 is 10.7. The second-order valence-corrected chi connectivity index (χ2v) is 9.12. The van der Waals surface area contributed by atoms with Gasteiger partial charge in [-0.25, -0.2) is 4.79 Å². The molecular formula is C19H28O4S. The highest BCUT2D eigenvalue weighted by molar-refractivity contribution is 8.13. The van der Waals surface area contributed by atoms with E-state index < -0.39 is 0 Å². The fourth-order valence-corrected chi connectivity index (χ4v) is 6.39. The predicted molar refractivity (Wildman–Crippen MR) is 95.8 cm³/mol. The fourth-order valence-electron chi connectivity index (χ4n) is 4.81. The molecular weight excluding hydrogens is 324 g/mol. The van der Waals surface area contributed by atoms with Crippen LogP contribution in [0.15, 0.2) is 17.9 Å². The molecule has 24 heavy (non-hydrogen) atoms. The van der Waals surface area contributed by atoms with Crippen molar-refractivity contribution in [3.63, 3.8) is 0 Å². The van der Waals surface area contributed by atoms with Crippen LogP contribution in [0.5, 0.6) is 0 Å². The van der Waals surface area contributed by atoms with Crippen molar-refractivity contribution in [2.75, 3.05) is 6.61 Å². The molecule has 0 aliphatic heterocycles. The first-order chi connectivity index (χ1) is 11.1. The van der Waals surface area contributed by atoms with E-state index in [9.17, 15) is 9.59 Å². The smallest absolute Gasteiger partial charge is 0.367 e. The Balaban J connectivity index is 2.35. The van der Waals surface area contributed by atoms with Crippen LogP contribution in [-0.4, -0.2) is 29.2 Å². The van der Waals surface area contributed by atoms with Crippen molar-refractivity contribution >= 4 is 23.0 Å². The molecule has 0 heterocycles. The standard InChI is InChI=1S/C19H28O4S/c1-7-13-14(23-12(3)20)9-19(6)11-18(4,5)10-15(16(13)19)24-17(21)22-8-2/h14-16H,1,8-11H2,2-6H3/t14-,15+,16-,19+/m0/s1. The maximum atomic E-state index is 12.1. The zero-order valence-electron chi connectivity index (χ0n) is 15.3. The summed E-state index contributed by atoms with van der Waals surface area (Å²) in [5.41, 5.74) is 4.05. The van der Waals surface area contributed by atoms with Gasteiger partial charge in [0.1, 0.15) is 6.10 Å². The van der Waals surface area contributed by atoms with Crippen LogP contribution in [0.1, 0.15) is 53.9 Å². The summed E-state index contributed by atoms with van der Waals surface area (Å²) in [4.78, 5) is 23.6. The Hall–Kier alpha value is -1.19. The molecule has 2 saturated carbocycles. The van der Waals surface area contributed by atoms with E-state index in [0.717, 1.165) is 24.8 Å². The van der Waals surface area contributed by atoms with Gasteiger partial charge in [-0.15, -0.1) is 5.73 Å². The van der Waals surface area contributed by atoms with Crippen LogP contribution in [0.2, 0.25) is 0 Å². The molecule has 0 aromatic rings. The molecule has 0 bridgehead atoms. The quantitative estimate of drug-likeness (QED) is 0.543. The molecule has 2 rings (SSSR count). The summed E-state index contributed by atoms with van der Waals surface area (Å²) in [6.45, 7) is 14.2. The topological polar surface area (TPSA) is 52.6 Å². The number of fused-ring (bicyclic) bond motifs is 1. The van der Waals surface area contributed by atoms with Gasteiger partial charge in [-0.2, -0.15) is 0 Å². The molecule has 0 amide bonds. The minimum Gasteiger partial charge on any atom is -0.458 e. The van der Waals surface area contributed by atoms with Crippen molar-refractivity contribution in [3.8, 4) is 0 Å². The molecule has 0 aromatic heterocycles. The molecule has 0 saturated heterocycles. The Morgan fingerprint density at radius 2 is 2.00 bits per heavy atom. The Labute approximate surface area is 149 Å². The molecule has 4 nitrogen and oxygen atoms in total. The van der Waals surface area contributed by atoms with Crippen molar-refractivity contribution in [2.24, 2.45) is 16.7 Å². The minimum absolute atomic E-state index is 0.0357. The van der Waals surface area contributed by atoms with Gasteiger partial charge in [0.05, 0.1) is 6.61 Å². The van der Waals surface area contributed by atoms with E-state index in [4.69, 9.17) is 9.47 Å². The van der Waals surface area contributed by atoms with E-state index in [1.54, 1.807) is 0 Å². The number of ether oxygens (including phenoxy) is 2. The van der Waals surface area contributed by atoms with E-state index in [2.05, 4.69) is 33.1 Å². The number of rotatable bonds is 3. The van der Waals surface area contributed by atoms with Crippen LogP contribution >= 0.6 is 11.8 Å². The molecule has 2 aliphatic rings. The van der Waals surface area contributed by atoms with Gasteiger partial charge in [-0.3, -0.25) is 4.79 Å². The zero-order chi connectivity index (χ0) is 18.1. The number of hydrogen-bond donors (Lipinski definition) is 0. The first-order valence-corrected chi connectivity index (χ1v) is 9.40. The fraction of sp³-hybridized carbons (Fsp3) is 0.737. The summed E-state index contributed by atoms with van der Waals surface area (Å²) in [6.07, 6.45) is 2.41. The average molecular weight is 352 g/mol. The molecule has 0 radical (unpaired) electrons. The average Bonchev–Trinajstić information content (AvgIpc) is 2.67. The van der Waals surface area contributed by atoms with E-state index in [1.807, 2.05) is 6.92 Å². The van der Waals surface area contributed by atoms with Crippen LogP contribution in [0.25, 0.3) is 0 Å². The molecule has 0 N–H and O–H groups in total. The van der Waals surface area contributed by atoms with Gasteiger partial charge in [0.2, 0.25) is 0 Å². The summed E-state index contributed by atoms with van der Waals surface area (Å²) in [6, 6.07) is 0. The maximum absolute atomic E-state index is 12.1. The van der Waals surface area contributed by atoms with Gasteiger partial charge in [-0.05, 0) is 48.8 Å². The Morgan fingerprint density at radius 1 is 1.33 bits per heavy atom. The van der Waals surface area contributed by atoms with Gasteiger partial charge in [0.25, 0.3) is 0 Å².